The number of nitrogens with zero attached hydrogens (tertiary/aromatic N) is 2. The SMILES string of the molecule is Cc1ccccc1CC(=O)NCc1nc2ccccc2n1C1CC1. The van der Waals surface area contributed by atoms with Crippen molar-refractivity contribution in [3.8, 4) is 0 Å². The summed E-state index contributed by atoms with van der Waals surface area (Å²) in [5.41, 5.74) is 4.40. The Bertz CT molecular complexity index is 893. The van der Waals surface area contributed by atoms with E-state index in [2.05, 4.69) is 16.0 Å². The van der Waals surface area contributed by atoms with Crippen molar-refractivity contribution in [1.82, 2.24) is 14.9 Å². The van der Waals surface area contributed by atoms with Crippen LogP contribution in [0.2, 0.25) is 0 Å². The van der Waals surface area contributed by atoms with Crippen molar-refractivity contribution in [1.29, 1.82) is 0 Å². The van der Waals surface area contributed by atoms with Gasteiger partial charge in [-0.2, -0.15) is 0 Å². The van der Waals surface area contributed by atoms with Crippen LogP contribution < -0.4 is 5.32 Å². The van der Waals surface area contributed by atoms with Gasteiger partial charge in [-0.3, -0.25) is 4.79 Å². The van der Waals surface area contributed by atoms with Crippen LogP contribution in [0.4, 0.5) is 0 Å². The van der Waals surface area contributed by atoms with Crippen molar-refractivity contribution >= 4 is 16.9 Å². The third-order valence-electron chi connectivity index (χ3n) is 4.64. The van der Waals surface area contributed by atoms with E-state index < -0.39 is 0 Å². The number of fused-ring (bicyclic) bond motifs is 1. The Morgan fingerprint density at radius 3 is 2.71 bits per heavy atom. The Balaban J connectivity index is 1.50. The van der Waals surface area contributed by atoms with Crippen molar-refractivity contribution in [2.75, 3.05) is 0 Å². The zero-order chi connectivity index (χ0) is 16.5. The first-order chi connectivity index (χ1) is 11.7. The fourth-order valence-corrected chi connectivity index (χ4v) is 3.18. The highest BCUT2D eigenvalue weighted by Crippen LogP contribution is 2.38. The van der Waals surface area contributed by atoms with Crippen molar-refractivity contribution in [2.45, 2.75) is 38.8 Å². The van der Waals surface area contributed by atoms with Crippen molar-refractivity contribution < 1.29 is 4.79 Å². The molecule has 1 heterocycles. The molecule has 0 atom stereocenters. The molecule has 2 aromatic carbocycles. The second kappa shape index (κ2) is 6.11. The normalized spacial score (nSPS) is 14.0. The molecule has 1 fully saturated rings. The van der Waals surface area contributed by atoms with E-state index in [9.17, 15) is 4.79 Å². The number of para-hydroxylation sites is 2. The average Bonchev–Trinajstić information content (AvgIpc) is 3.35. The summed E-state index contributed by atoms with van der Waals surface area (Å²) in [7, 11) is 0. The first-order valence-corrected chi connectivity index (χ1v) is 8.49. The Hall–Kier alpha value is -2.62. The molecule has 0 bridgehead atoms. The third-order valence-corrected chi connectivity index (χ3v) is 4.64. The van der Waals surface area contributed by atoms with Gasteiger partial charge in [-0.1, -0.05) is 36.4 Å². The van der Waals surface area contributed by atoms with Crippen LogP contribution in [0.25, 0.3) is 11.0 Å². The van der Waals surface area contributed by atoms with Gasteiger partial charge in [0, 0.05) is 6.04 Å². The minimum absolute atomic E-state index is 0.0405. The summed E-state index contributed by atoms with van der Waals surface area (Å²) >= 11 is 0. The van der Waals surface area contributed by atoms with Crippen LogP contribution >= 0.6 is 0 Å². The van der Waals surface area contributed by atoms with E-state index in [1.54, 1.807) is 0 Å². The number of aryl methyl sites for hydroxylation is 1. The fourth-order valence-electron chi connectivity index (χ4n) is 3.18. The number of benzene rings is 2. The zero-order valence-electron chi connectivity index (χ0n) is 13.8. The highest BCUT2D eigenvalue weighted by molar-refractivity contribution is 5.79. The lowest BCUT2D eigenvalue weighted by Gasteiger charge is -2.10. The third kappa shape index (κ3) is 2.92. The lowest BCUT2D eigenvalue weighted by Crippen LogP contribution is -2.26. The van der Waals surface area contributed by atoms with Gasteiger partial charge in [0.2, 0.25) is 5.91 Å². The predicted octanol–water partition coefficient (Wildman–Crippen LogP) is 3.54. The quantitative estimate of drug-likeness (QED) is 0.782. The molecule has 4 rings (SSSR count). The fraction of sp³-hybridized carbons (Fsp3) is 0.300. The summed E-state index contributed by atoms with van der Waals surface area (Å²) in [4.78, 5) is 17.0. The molecule has 1 N–H and O–H groups in total. The van der Waals surface area contributed by atoms with E-state index in [4.69, 9.17) is 4.98 Å². The monoisotopic (exact) mass is 319 g/mol. The summed E-state index contributed by atoms with van der Waals surface area (Å²) in [5, 5.41) is 3.04. The number of carbonyl (C=O) groups excluding carboxylic acids is 1. The minimum Gasteiger partial charge on any atom is -0.349 e. The maximum Gasteiger partial charge on any atom is 0.224 e. The number of carbonyl (C=O) groups is 1. The molecule has 3 aromatic rings. The maximum atomic E-state index is 12.3. The molecule has 122 valence electrons. The number of hydrogen-bond donors (Lipinski definition) is 1. The van der Waals surface area contributed by atoms with Crippen LogP contribution in [-0.2, 0) is 17.8 Å². The van der Waals surface area contributed by atoms with Gasteiger partial charge >= 0.3 is 0 Å². The number of imidazole rings is 1. The van der Waals surface area contributed by atoms with Crippen LogP contribution in [0, 0.1) is 6.92 Å². The largest absolute Gasteiger partial charge is 0.349 e. The first-order valence-electron chi connectivity index (χ1n) is 8.49. The Morgan fingerprint density at radius 1 is 1.17 bits per heavy atom. The van der Waals surface area contributed by atoms with Crippen LogP contribution in [0.5, 0.6) is 0 Å². The van der Waals surface area contributed by atoms with Gasteiger partial charge in [-0.05, 0) is 43.0 Å². The van der Waals surface area contributed by atoms with Gasteiger partial charge in [-0.15, -0.1) is 0 Å². The standard InChI is InChI=1S/C20H21N3O/c1-14-6-2-3-7-15(14)12-20(24)21-13-19-22-17-8-4-5-9-18(17)23(19)16-10-11-16/h2-9,16H,10-13H2,1H3,(H,21,24). The van der Waals surface area contributed by atoms with Crippen molar-refractivity contribution in [2.24, 2.45) is 0 Å². The Kier molecular flexibility index (Phi) is 3.81. The summed E-state index contributed by atoms with van der Waals surface area (Å²) in [5.74, 6) is 0.996. The molecule has 0 unspecified atom stereocenters. The number of nitrogens with one attached hydrogen (secondary N) is 1. The predicted molar refractivity (Wildman–Crippen MR) is 94.7 cm³/mol. The Morgan fingerprint density at radius 2 is 1.92 bits per heavy atom. The van der Waals surface area contributed by atoms with Crippen molar-refractivity contribution in [3.63, 3.8) is 0 Å². The van der Waals surface area contributed by atoms with Crippen molar-refractivity contribution in [3.05, 3.63) is 65.5 Å². The van der Waals surface area contributed by atoms with Crippen LogP contribution in [0.1, 0.15) is 35.8 Å². The van der Waals surface area contributed by atoms with Gasteiger partial charge in [0.15, 0.2) is 0 Å². The summed E-state index contributed by atoms with van der Waals surface area (Å²) < 4.78 is 2.30. The molecule has 4 nitrogen and oxygen atoms in total. The summed E-state index contributed by atoms with van der Waals surface area (Å²) in [6.07, 6.45) is 2.81. The van der Waals surface area contributed by atoms with E-state index in [0.717, 1.165) is 22.5 Å². The van der Waals surface area contributed by atoms with E-state index in [1.165, 1.54) is 18.4 Å². The number of aromatic nitrogens is 2. The van der Waals surface area contributed by atoms with Crippen LogP contribution in [0.15, 0.2) is 48.5 Å². The molecule has 0 radical (unpaired) electrons. The topological polar surface area (TPSA) is 46.9 Å². The highest BCUT2D eigenvalue weighted by atomic mass is 16.1. The average molecular weight is 319 g/mol. The molecule has 0 spiro atoms. The molecule has 1 aromatic heterocycles. The second-order valence-corrected chi connectivity index (χ2v) is 6.50. The molecule has 1 saturated carbocycles. The molecule has 1 aliphatic carbocycles. The van der Waals surface area contributed by atoms with E-state index in [-0.39, 0.29) is 5.91 Å². The smallest absolute Gasteiger partial charge is 0.224 e. The minimum atomic E-state index is 0.0405. The maximum absolute atomic E-state index is 12.3. The summed E-state index contributed by atoms with van der Waals surface area (Å²) in [6, 6.07) is 16.8. The second-order valence-electron chi connectivity index (χ2n) is 6.50. The molecule has 1 aliphatic rings. The first kappa shape index (κ1) is 14.9. The summed E-state index contributed by atoms with van der Waals surface area (Å²) in [6.45, 7) is 2.52. The molecular weight excluding hydrogens is 298 g/mol. The molecule has 1 amide bonds. The number of rotatable bonds is 5. The molecule has 0 saturated heterocycles. The zero-order valence-corrected chi connectivity index (χ0v) is 13.8. The van der Waals surface area contributed by atoms with Gasteiger partial charge in [0.1, 0.15) is 5.82 Å². The van der Waals surface area contributed by atoms with Gasteiger partial charge in [0.05, 0.1) is 24.0 Å². The molecule has 24 heavy (non-hydrogen) atoms. The highest BCUT2D eigenvalue weighted by Gasteiger charge is 2.28. The molecule has 0 aliphatic heterocycles. The number of hydrogen-bond acceptors (Lipinski definition) is 2. The van der Waals surface area contributed by atoms with Crippen LogP contribution in [0.3, 0.4) is 0 Å². The number of amides is 1. The Labute approximate surface area is 141 Å². The van der Waals surface area contributed by atoms with Crippen LogP contribution in [-0.4, -0.2) is 15.5 Å². The van der Waals surface area contributed by atoms with Gasteiger partial charge < -0.3 is 9.88 Å². The lowest BCUT2D eigenvalue weighted by atomic mass is 10.1. The lowest BCUT2D eigenvalue weighted by molar-refractivity contribution is -0.120. The van der Waals surface area contributed by atoms with E-state index in [0.29, 0.717) is 19.0 Å². The molecular formula is C20H21N3O. The van der Waals surface area contributed by atoms with Gasteiger partial charge in [-0.25, -0.2) is 4.98 Å². The van der Waals surface area contributed by atoms with E-state index in [1.807, 2.05) is 49.4 Å². The van der Waals surface area contributed by atoms with Gasteiger partial charge in [0.25, 0.3) is 0 Å². The van der Waals surface area contributed by atoms with E-state index >= 15 is 0 Å². The molecule has 4 heteroatoms.